The summed E-state index contributed by atoms with van der Waals surface area (Å²) in [6.07, 6.45) is 12.4. The molecule has 0 aromatic heterocycles. The molecule has 3 nitrogen and oxygen atoms in total. The minimum absolute atomic E-state index is 0.187. The molecule has 0 heterocycles. The second-order valence-electron chi connectivity index (χ2n) is 7.50. The van der Waals surface area contributed by atoms with Crippen LogP contribution in [0.1, 0.15) is 71.6 Å². The molecule has 1 aliphatic carbocycles. The molecular formula is C21H37FO3. The van der Waals surface area contributed by atoms with E-state index in [1.165, 1.54) is 0 Å². The van der Waals surface area contributed by atoms with Crippen molar-refractivity contribution in [2.24, 2.45) is 11.8 Å². The van der Waals surface area contributed by atoms with Gasteiger partial charge in [0, 0.05) is 18.3 Å². The topological polar surface area (TPSA) is 60.7 Å². The summed E-state index contributed by atoms with van der Waals surface area (Å²) in [7, 11) is 0. The first kappa shape index (κ1) is 22.3. The monoisotopic (exact) mass is 356 g/mol. The average Bonchev–Trinajstić information content (AvgIpc) is 2.82. The number of allylic oxidation sites excluding steroid dienone is 2. The van der Waals surface area contributed by atoms with Crippen LogP contribution >= 0.6 is 0 Å². The van der Waals surface area contributed by atoms with Crippen LogP contribution in [0.3, 0.4) is 0 Å². The Morgan fingerprint density at radius 3 is 2.52 bits per heavy atom. The maximum Gasteiger partial charge on any atom is 0.106 e. The zero-order valence-corrected chi connectivity index (χ0v) is 15.9. The van der Waals surface area contributed by atoms with E-state index >= 15 is 0 Å². The van der Waals surface area contributed by atoms with Gasteiger partial charge in [-0.2, -0.15) is 0 Å². The lowest BCUT2D eigenvalue weighted by Gasteiger charge is -2.19. The van der Waals surface area contributed by atoms with Crippen LogP contribution in [0, 0.1) is 11.8 Å². The van der Waals surface area contributed by atoms with Crippen molar-refractivity contribution in [3.05, 3.63) is 24.3 Å². The normalized spacial score (nSPS) is 29.7. The molecule has 1 rings (SSSR count). The van der Waals surface area contributed by atoms with Crippen LogP contribution in [0.5, 0.6) is 0 Å². The molecule has 0 radical (unpaired) electrons. The molecule has 0 bridgehead atoms. The van der Waals surface area contributed by atoms with E-state index in [9.17, 15) is 19.7 Å². The van der Waals surface area contributed by atoms with Gasteiger partial charge in [-0.05, 0) is 32.6 Å². The van der Waals surface area contributed by atoms with E-state index in [0.29, 0.717) is 12.8 Å². The highest BCUT2D eigenvalue weighted by Crippen LogP contribution is 2.38. The number of rotatable bonds is 12. The Hall–Kier alpha value is -0.710. The number of halogens is 1. The number of aliphatic hydroxyl groups is 3. The Morgan fingerprint density at radius 2 is 1.84 bits per heavy atom. The quantitative estimate of drug-likeness (QED) is 0.360. The van der Waals surface area contributed by atoms with Crippen LogP contribution < -0.4 is 0 Å². The minimum Gasteiger partial charge on any atom is -0.393 e. The molecular weight excluding hydrogens is 319 g/mol. The van der Waals surface area contributed by atoms with Crippen molar-refractivity contribution in [3.8, 4) is 0 Å². The molecule has 0 saturated heterocycles. The van der Waals surface area contributed by atoms with E-state index in [4.69, 9.17) is 0 Å². The fourth-order valence-electron chi connectivity index (χ4n) is 3.50. The summed E-state index contributed by atoms with van der Waals surface area (Å²) in [6, 6.07) is 0. The van der Waals surface area contributed by atoms with Gasteiger partial charge in [-0.1, -0.05) is 56.9 Å². The Balaban J connectivity index is 2.44. The van der Waals surface area contributed by atoms with Crippen molar-refractivity contribution >= 4 is 0 Å². The molecule has 1 aliphatic rings. The molecule has 0 aromatic carbocycles. The summed E-state index contributed by atoms with van der Waals surface area (Å²) in [5.41, 5.74) is 0. The van der Waals surface area contributed by atoms with Crippen molar-refractivity contribution in [1.82, 2.24) is 0 Å². The summed E-state index contributed by atoms with van der Waals surface area (Å²) >= 11 is 0. The third-order valence-electron chi connectivity index (χ3n) is 5.10. The second-order valence-corrected chi connectivity index (χ2v) is 7.50. The Bertz CT molecular complexity index is 395. The van der Waals surface area contributed by atoms with E-state index in [1.807, 2.05) is 12.2 Å². The highest BCUT2D eigenvalue weighted by Gasteiger charge is 2.40. The predicted molar refractivity (Wildman–Crippen MR) is 101 cm³/mol. The third kappa shape index (κ3) is 8.98. The Morgan fingerprint density at radius 1 is 1.12 bits per heavy atom. The molecule has 0 spiro atoms. The first-order chi connectivity index (χ1) is 12.0. The van der Waals surface area contributed by atoms with Gasteiger partial charge < -0.3 is 15.3 Å². The molecule has 0 aromatic rings. The van der Waals surface area contributed by atoms with E-state index in [0.717, 1.165) is 38.5 Å². The maximum atomic E-state index is 14.2. The van der Waals surface area contributed by atoms with E-state index in [2.05, 4.69) is 13.0 Å². The minimum atomic E-state index is -0.983. The fraction of sp³-hybridized carbons (Fsp3) is 0.810. The molecule has 3 N–H and O–H groups in total. The van der Waals surface area contributed by atoms with Crippen LogP contribution in [0.25, 0.3) is 0 Å². The zero-order chi connectivity index (χ0) is 18.7. The van der Waals surface area contributed by atoms with Gasteiger partial charge >= 0.3 is 0 Å². The van der Waals surface area contributed by atoms with Crippen LogP contribution in [0.4, 0.5) is 4.39 Å². The predicted octanol–water partition coefficient (Wildman–Crippen LogP) is 4.32. The van der Waals surface area contributed by atoms with Crippen molar-refractivity contribution in [2.75, 3.05) is 0 Å². The lowest BCUT2D eigenvalue weighted by molar-refractivity contribution is 0.140. The van der Waals surface area contributed by atoms with Crippen LogP contribution in [-0.2, 0) is 0 Å². The molecule has 6 atom stereocenters. The summed E-state index contributed by atoms with van der Waals surface area (Å²) in [5, 5.41) is 29.4. The second kappa shape index (κ2) is 12.6. The van der Waals surface area contributed by atoms with Gasteiger partial charge in [-0.3, -0.25) is 0 Å². The lowest BCUT2D eigenvalue weighted by atomic mass is 9.90. The van der Waals surface area contributed by atoms with Gasteiger partial charge in [0.25, 0.3) is 0 Å². The van der Waals surface area contributed by atoms with E-state index in [-0.39, 0.29) is 24.4 Å². The van der Waals surface area contributed by atoms with Crippen molar-refractivity contribution in [3.63, 3.8) is 0 Å². The van der Waals surface area contributed by atoms with E-state index in [1.54, 1.807) is 13.0 Å². The molecule has 1 fully saturated rings. The molecule has 146 valence electrons. The molecule has 4 heteroatoms. The molecule has 1 saturated carbocycles. The van der Waals surface area contributed by atoms with Gasteiger partial charge in [0.1, 0.15) is 6.17 Å². The van der Waals surface area contributed by atoms with Crippen molar-refractivity contribution in [2.45, 2.75) is 96.1 Å². The number of hydrogen-bond acceptors (Lipinski definition) is 3. The molecule has 1 unspecified atom stereocenters. The SMILES string of the molecule is CCCC/C=C\C[C@@H]1[C@@H](/C=C/C(O)CCCC[C@H](C)O)[C@H](O)C[C@H]1F. The van der Waals surface area contributed by atoms with Gasteiger partial charge in [0.15, 0.2) is 0 Å². The zero-order valence-electron chi connectivity index (χ0n) is 15.9. The standard InChI is InChI=1S/C21H37FO3/c1-3-4-5-6-7-12-18-19(21(25)15-20(18)22)14-13-17(24)11-9-8-10-16(2)23/h6-7,13-14,16-21,23-25H,3-5,8-12,15H2,1-2H3/b7-6-,14-13+/t16-,17?,18+,19+,20+,21+/m0/s1. The van der Waals surface area contributed by atoms with Crippen LogP contribution in [0.2, 0.25) is 0 Å². The Kier molecular flexibility index (Phi) is 11.3. The fourth-order valence-corrected chi connectivity index (χ4v) is 3.50. The first-order valence-corrected chi connectivity index (χ1v) is 9.97. The van der Waals surface area contributed by atoms with Gasteiger partial charge in [-0.25, -0.2) is 4.39 Å². The average molecular weight is 357 g/mol. The third-order valence-corrected chi connectivity index (χ3v) is 5.10. The summed E-state index contributed by atoms with van der Waals surface area (Å²) < 4.78 is 14.2. The van der Waals surface area contributed by atoms with Crippen LogP contribution in [-0.4, -0.2) is 39.8 Å². The summed E-state index contributed by atoms with van der Waals surface area (Å²) in [5.74, 6) is -0.426. The number of alkyl halides is 1. The maximum absolute atomic E-state index is 14.2. The summed E-state index contributed by atoms with van der Waals surface area (Å²) in [4.78, 5) is 0. The summed E-state index contributed by atoms with van der Waals surface area (Å²) in [6.45, 7) is 3.91. The number of aliphatic hydroxyl groups excluding tert-OH is 3. The van der Waals surface area contributed by atoms with Gasteiger partial charge in [0.05, 0.1) is 18.3 Å². The van der Waals surface area contributed by atoms with E-state index < -0.39 is 18.4 Å². The highest BCUT2D eigenvalue weighted by atomic mass is 19.1. The molecule has 0 aliphatic heterocycles. The van der Waals surface area contributed by atoms with Crippen LogP contribution in [0.15, 0.2) is 24.3 Å². The molecule has 0 amide bonds. The molecule has 25 heavy (non-hydrogen) atoms. The largest absolute Gasteiger partial charge is 0.393 e. The Labute approximate surface area is 152 Å². The number of unbranched alkanes of at least 4 members (excludes halogenated alkanes) is 3. The van der Waals surface area contributed by atoms with Crippen molar-refractivity contribution in [1.29, 1.82) is 0 Å². The van der Waals surface area contributed by atoms with Gasteiger partial charge in [-0.15, -0.1) is 0 Å². The smallest absolute Gasteiger partial charge is 0.106 e. The number of hydrogen-bond donors (Lipinski definition) is 3. The highest BCUT2D eigenvalue weighted by molar-refractivity contribution is 5.06. The lowest BCUT2D eigenvalue weighted by Crippen LogP contribution is -2.19. The first-order valence-electron chi connectivity index (χ1n) is 9.97. The van der Waals surface area contributed by atoms with Gasteiger partial charge in [0.2, 0.25) is 0 Å². The van der Waals surface area contributed by atoms with Crippen molar-refractivity contribution < 1.29 is 19.7 Å².